The number of aryl methyl sites for hydroxylation is 1. The van der Waals surface area contributed by atoms with Crippen LogP contribution < -0.4 is 5.73 Å². The molecule has 1 nitrogen and oxygen atoms in total. The first-order valence-corrected chi connectivity index (χ1v) is 5.95. The van der Waals surface area contributed by atoms with Crippen molar-refractivity contribution in [1.82, 2.24) is 0 Å². The van der Waals surface area contributed by atoms with Crippen molar-refractivity contribution in [3.05, 3.63) is 39.7 Å². The SMILES string of the molecule is Cc1ccc(-c2sccc2Br)c(N)c1. The van der Waals surface area contributed by atoms with Crippen LogP contribution in [0.1, 0.15) is 5.56 Å². The maximum Gasteiger partial charge on any atom is 0.0505 e. The van der Waals surface area contributed by atoms with Gasteiger partial charge in [-0.15, -0.1) is 11.3 Å². The lowest BCUT2D eigenvalue weighted by Gasteiger charge is -2.04. The number of anilines is 1. The van der Waals surface area contributed by atoms with Crippen molar-refractivity contribution >= 4 is 33.0 Å². The molecule has 0 bridgehead atoms. The summed E-state index contributed by atoms with van der Waals surface area (Å²) in [6, 6.07) is 8.19. The third-order valence-corrected chi connectivity index (χ3v) is 3.94. The Hall–Kier alpha value is -0.800. The van der Waals surface area contributed by atoms with E-state index in [2.05, 4.69) is 33.4 Å². The fourth-order valence-corrected chi connectivity index (χ4v) is 3.01. The van der Waals surface area contributed by atoms with E-state index in [0.29, 0.717) is 0 Å². The van der Waals surface area contributed by atoms with E-state index in [1.54, 1.807) is 11.3 Å². The Morgan fingerprint density at radius 1 is 1.29 bits per heavy atom. The summed E-state index contributed by atoms with van der Waals surface area (Å²) in [4.78, 5) is 1.20. The van der Waals surface area contributed by atoms with Gasteiger partial charge in [-0.2, -0.15) is 0 Å². The number of benzene rings is 1. The molecule has 0 amide bonds. The summed E-state index contributed by atoms with van der Waals surface area (Å²) in [6.07, 6.45) is 0. The predicted octanol–water partition coefficient (Wildman–Crippen LogP) is 4.07. The third kappa shape index (κ3) is 1.70. The molecule has 2 N–H and O–H groups in total. The second kappa shape index (κ2) is 3.75. The van der Waals surface area contributed by atoms with E-state index in [1.807, 2.05) is 19.1 Å². The molecule has 3 heteroatoms. The number of halogens is 1. The van der Waals surface area contributed by atoms with Crippen molar-refractivity contribution in [3.63, 3.8) is 0 Å². The normalized spacial score (nSPS) is 10.4. The van der Waals surface area contributed by atoms with Gasteiger partial charge in [-0.1, -0.05) is 12.1 Å². The first-order chi connectivity index (χ1) is 6.68. The molecule has 1 aromatic carbocycles. The molecule has 0 aliphatic rings. The van der Waals surface area contributed by atoms with Crippen molar-refractivity contribution in [1.29, 1.82) is 0 Å². The van der Waals surface area contributed by atoms with Gasteiger partial charge in [-0.25, -0.2) is 0 Å². The van der Waals surface area contributed by atoms with E-state index in [0.717, 1.165) is 15.7 Å². The summed E-state index contributed by atoms with van der Waals surface area (Å²) in [5.41, 5.74) is 9.11. The van der Waals surface area contributed by atoms with Crippen LogP contribution >= 0.6 is 27.3 Å². The molecule has 14 heavy (non-hydrogen) atoms. The van der Waals surface area contributed by atoms with Crippen LogP contribution in [0.4, 0.5) is 5.69 Å². The summed E-state index contributed by atoms with van der Waals surface area (Å²) < 4.78 is 1.11. The van der Waals surface area contributed by atoms with Gasteiger partial charge >= 0.3 is 0 Å². The van der Waals surface area contributed by atoms with Gasteiger partial charge in [0.2, 0.25) is 0 Å². The quantitative estimate of drug-likeness (QED) is 0.775. The third-order valence-electron chi connectivity index (χ3n) is 2.07. The zero-order valence-corrected chi connectivity index (χ0v) is 10.2. The van der Waals surface area contributed by atoms with E-state index in [1.165, 1.54) is 10.4 Å². The van der Waals surface area contributed by atoms with Crippen LogP contribution in [0.2, 0.25) is 0 Å². The summed E-state index contributed by atoms with van der Waals surface area (Å²) in [7, 11) is 0. The highest BCUT2D eigenvalue weighted by Gasteiger charge is 2.07. The number of hydrogen-bond donors (Lipinski definition) is 1. The van der Waals surface area contributed by atoms with Crippen molar-refractivity contribution < 1.29 is 0 Å². The molecule has 0 radical (unpaired) electrons. The molecule has 0 spiro atoms. The zero-order chi connectivity index (χ0) is 10.1. The van der Waals surface area contributed by atoms with Gasteiger partial charge in [0.25, 0.3) is 0 Å². The first kappa shape index (κ1) is 9.74. The van der Waals surface area contributed by atoms with Gasteiger partial charge in [-0.3, -0.25) is 0 Å². The predicted molar refractivity (Wildman–Crippen MR) is 66.6 cm³/mol. The summed E-state index contributed by atoms with van der Waals surface area (Å²) in [5.74, 6) is 0. The second-order valence-corrected chi connectivity index (χ2v) is 4.96. The Balaban J connectivity index is 2.58. The number of nitrogens with two attached hydrogens (primary N) is 1. The number of nitrogen functional groups attached to an aromatic ring is 1. The van der Waals surface area contributed by atoms with E-state index in [-0.39, 0.29) is 0 Å². The molecule has 2 aromatic rings. The van der Waals surface area contributed by atoms with Gasteiger partial charge in [0.1, 0.15) is 0 Å². The topological polar surface area (TPSA) is 26.0 Å². The maximum absolute atomic E-state index is 5.97. The van der Waals surface area contributed by atoms with E-state index >= 15 is 0 Å². The van der Waals surface area contributed by atoms with Crippen LogP contribution in [0.3, 0.4) is 0 Å². The largest absolute Gasteiger partial charge is 0.398 e. The lowest BCUT2D eigenvalue weighted by Crippen LogP contribution is -1.89. The maximum atomic E-state index is 5.97. The fourth-order valence-electron chi connectivity index (χ4n) is 1.37. The minimum atomic E-state index is 0.841. The van der Waals surface area contributed by atoms with Crippen molar-refractivity contribution in [2.45, 2.75) is 6.92 Å². The number of thiophene rings is 1. The molecule has 0 aliphatic carbocycles. The zero-order valence-electron chi connectivity index (χ0n) is 7.75. The molecule has 0 saturated heterocycles. The molecular formula is C11H10BrNS. The molecule has 1 aromatic heterocycles. The van der Waals surface area contributed by atoms with Crippen LogP contribution in [0.15, 0.2) is 34.1 Å². The van der Waals surface area contributed by atoms with Gasteiger partial charge in [0.05, 0.1) is 4.88 Å². The lowest BCUT2D eigenvalue weighted by molar-refractivity contribution is 1.47. The van der Waals surface area contributed by atoms with Crippen LogP contribution in [0.5, 0.6) is 0 Å². The second-order valence-electron chi connectivity index (χ2n) is 3.19. The Morgan fingerprint density at radius 3 is 2.64 bits per heavy atom. The highest BCUT2D eigenvalue weighted by atomic mass is 79.9. The Labute approximate surface area is 95.7 Å². The Bertz CT molecular complexity index is 462. The molecule has 72 valence electrons. The van der Waals surface area contributed by atoms with Crippen LogP contribution in [0.25, 0.3) is 10.4 Å². The van der Waals surface area contributed by atoms with Gasteiger partial charge in [0, 0.05) is 15.7 Å². The molecule has 0 aliphatic heterocycles. The highest BCUT2D eigenvalue weighted by Crippen LogP contribution is 2.36. The molecule has 2 rings (SSSR count). The van der Waals surface area contributed by atoms with Crippen molar-refractivity contribution in [3.8, 4) is 10.4 Å². The van der Waals surface area contributed by atoms with Crippen molar-refractivity contribution in [2.24, 2.45) is 0 Å². The lowest BCUT2D eigenvalue weighted by atomic mass is 10.1. The molecule has 0 atom stereocenters. The average molecular weight is 268 g/mol. The van der Waals surface area contributed by atoms with Crippen molar-refractivity contribution in [2.75, 3.05) is 5.73 Å². The highest BCUT2D eigenvalue weighted by molar-refractivity contribution is 9.10. The Kier molecular flexibility index (Phi) is 2.61. The van der Waals surface area contributed by atoms with Crippen LogP contribution in [-0.4, -0.2) is 0 Å². The number of rotatable bonds is 1. The van der Waals surface area contributed by atoms with E-state index < -0.39 is 0 Å². The van der Waals surface area contributed by atoms with E-state index in [4.69, 9.17) is 5.73 Å². The summed E-state index contributed by atoms with van der Waals surface area (Å²) in [5, 5.41) is 2.05. The monoisotopic (exact) mass is 267 g/mol. The fraction of sp³-hybridized carbons (Fsp3) is 0.0909. The molecule has 0 fully saturated rings. The minimum Gasteiger partial charge on any atom is -0.398 e. The minimum absolute atomic E-state index is 0.841. The summed E-state index contributed by atoms with van der Waals surface area (Å²) >= 11 is 5.21. The molecule has 1 heterocycles. The first-order valence-electron chi connectivity index (χ1n) is 4.28. The van der Waals surface area contributed by atoms with Gasteiger partial charge < -0.3 is 5.73 Å². The molecule has 0 unspecified atom stereocenters. The molecule has 0 saturated carbocycles. The average Bonchev–Trinajstić information content (AvgIpc) is 2.52. The van der Waals surface area contributed by atoms with Crippen LogP contribution in [0, 0.1) is 6.92 Å². The summed E-state index contributed by atoms with van der Waals surface area (Å²) in [6.45, 7) is 2.05. The van der Waals surface area contributed by atoms with Gasteiger partial charge in [0.15, 0.2) is 0 Å². The standard InChI is InChI=1S/C11H10BrNS/c1-7-2-3-8(10(13)6-7)11-9(12)4-5-14-11/h2-6H,13H2,1H3. The van der Waals surface area contributed by atoms with Crippen LogP contribution in [-0.2, 0) is 0 Å². The molecular weight excluding hydrogens is 258 g/mol. The smallest absolute Gasteiger partial charge is 0.0505 e. The van der Waals surface area contributed by atoms with Gasteiger partial charge in [-0.05, 0) is 45.9 Å². The van der Waals surface area contributed by atoms with E-state index in [9.17, 15) is 0 Å². The number of hydrogen-bond acceptors (Lipinski definition) is 2. The Morgan fingerprint density at radius 2 is 2.07 bits per heavy atom.